The van der Waals surface area contributed by atoms with Gasteiger partial charge in [0.1, 0.15) is 10.2 Å². The van der Waals surface area contributed by atoms with E-state index in [1.54, 1.807) is 0 Å². The van der Waals surface area contributed by atoms with Crippen LogP contribution in [0.25, 0.3) is 0 Å². The summed E-state index contributed by atoms with van der Waals surface area (Å²) in [6.45, 7) is 0. The lowest BCUT2D eigenvalue weighted by Gasteiger charge is -2.07. The number of thioether (sulfide) groups is 1. The topological polar surface area (TPSA) is 54.9 Å². The van der Waals surface area contributed by atoms with Gasteiger partial charge in [0.05, 0.1) is 21.9 Å². The molecule has 0 unspecified atom stereocenters. The van der Waals surface area contributed by atoms with E-state index in [0.29, 0.717) is 4.47 Å². The molecule has 0 radical (unpaired) electrons. The highest BCUT2D eigenvalue weighted by atomic mass is 79.9. The zero-order valence-electron chi connectivity index (χ0n) is 10.5. The number of nitrogens with one attached hydrogen (secondary N) is 1. The lowest BCUT2D eigenvalue weighted by molar-refractivity contribution is -0.0329. The second-order valence-electron chi connectivity index (χ2n) is 3.88. The molecule has 22 heavy (non-hydrogen) atoms. The number of rotatable bonds is 3. The Labute approximate surface area is 140 Å². The first-order valence-electron chi connectivity index (χ1n) is 5.59. The van der Waals surface area contributed by atoms with Gasteiger partial charge in [-0.1, -0.05) is 11.6 Å². The summed E-state index contributed by atoms with van der Waals surface area (Å²) in [6, 6.07) is 3.98. The van der Waals surface area contributed by atoms with Crippen LogP contribution in [0.2, 0.25) is 5.15 Å². The summed E-state index contributed by atoms with van der Waals surface area (Å²) in [6.07, 6.45) is 2.42. The standard InChI is InChI=1S/C12H6BrClF3N3OS/c13-8-3-6(4-19-10(8)14)11(21)20-7-1-2-9(18-5-7)22-12(15,16)17/h1-5H,(H,20,21). The van der Waals surface area contributed by atoms with Crippen molar-refractivity contribution < 1.29 is 18.0 Å². The zero-order chi connectivity index (χ0) is 16.3. The summed E-state index contributed by atoms with van der Waals surface area (Å²) in [5, 5.41) is 2.51. The van der Waals surface area contributed by atoms with Gasteiger partial charge in [-0.05, 0) is 34.1 Å². The Morgan fingerprint density at radius 1 is 1.27 bits per heavy atom. The van der Waals surface area contributed by atoms with E-state index in [9.17, 15) is 18.0 Å². The average Bonchev–Trinajstić information content (AvgIpc) is 2.42. The van der Waals surface area contributed by atoms with Gasteiger partial charge >= 0.3 is 5.51 Å². The van der Waals surface area contributed by atoms with E-state index in [-0.39, 0.29) is 33.2 Å². The number of aromatic nitrogens is 2. The van der Waals surface area contributed by atoms with Gasteiger partial charge in [0, 0.05) is 18.0 Å². The van der Waals surface area contributed by atoms with E-state index in [0.717, 1.165) is 6.20 Å². The van der Waals surface area contributed by atoms with E-state index in [1.165, 1.54) is 24.4 Å². The van der Waals surface area contributed by atoms with Crippen molar-refractivity contribution in [3.05, 3.63) is 45.8 Å². The van der Waals surface area contributed by atoms with Crippen LogP contribution in [-0.2, 0) is 0 Å². The van der Waals surface area contributed by atoms with E-state index >= 15 is 0 Å². The minimum absolute atomic E-state index is 0.207. The lowest BCUT2D eigenvalue weighted by Crippen LogP contribution is -2.12. The fraction of sp³-hybridized carbons (Fsp3) is 0.0833. The lowest BCUT2D eigenvalue weighted by atomic mass is 10.2. The van der Waals surface area contributed by atoms with Crippen LogP contribution in [-0.4, -0.2) is 21.4 Å². The van der Waals surface area contributed by atoms with Crippen LogP contribution in [0.1, 0.15) is 10.4 Å². The molecule has 1 amide bonds. The van der Waals surface area contributed by atoms with E-state index in [2.05, 4.69) is 31.2 Å². The summed E-state index contributed by atoms with van der Waals surface area (Å²) in [4.78, 5) is 19.4. The van der Waals surface area contributed by atoms with Gasteiger partial charge in [-0.2, -0.15) is 13.2 Å². The molecule has 0 aliphatic heterocycles. The van der Waals surface area contributed by atoms with Crippen LogP contribution in [0.3, 0.4) is 0 Å². The average molecular weight is 413 g/mol. The maximum atomic E-state index is 12.2. The predicted octanol–water partition coefficient (Wildman–Crippen LogP) is 4.76. The number of halogens is 5. The molecular weight excluding hydrogens is 407 g/mol. The van der Waals surface area contributed by atoms with E-state index in [4.69, 9.17) is 11.6 Å². The van der Waals surface area contributed by atoms with Gasteiger partial charge in [0.2, 0.25) is 0 Å². The number of hydrogen-bond acceptors (Lipinski definition) is 4. The third kappa shape index (κ3) is 4.85. The van der Waals surface area contributed by atoms with Crippen LogP contribution in [0.4, 0.5) is 18.9 Å². The molecule has 0 fully saturated rings. The summed E-state index contributed by atoms with van der Waals surface area (Å²) >= 11 is 8.54. The zero-order valence-corrected chi connectivity index (χ0v) is 13.6. The molecule has 0 aromatic carbocycles. The summed E-state index contributed by atoms with van der Waals surface area (Å²) in [5.41, 5.74) is -3.90. The van der Waals surface area contributed by atoms with Crippen molar-refractivity contribution in [2.24, 2.45) is 0 Å². The molecule has 1 N–H and O–H groups in total. The SMILES string of the molecule is O=C(Nc1ccc(SC(F)(F)F)nc1)c1cnc(Cl)c(Br)c1. The highest BCUT2D eigenvalue weighted by Crippen LogP contribution is 2.35. The maximum absolute atomic E-state index is 12.2. The number of carbonyl (C=O) groups is 1. The number of anilines is 1. The Bertz CT molecular complexity index is 697. The molecule has 10 heteroatoms. The number of hydrogen-bond donors (Lipinski definition) is 1. The third-order valence-corrected chi connectivity index (χ3v) is 4.09. The molecule has 0 saturated heterocycles. The first-order chi connectivity index (χ1) is 10.2. The minimum atomic E-state index is -4.40. The molecule has 4 nitrogen and oxygen atoms in total. The normalized spacial score (nSPS) is 11.3. The highest BCUT2D eigenvalue weighted by Gasteiger charge is 2.29. The van der Waals surface area contributed by atoms with Crippen LogP contribution in [0.5, 0.6) is 0 Å². The molecule has 0 aliphatic carbocycles. The Balaban J connectivity index is 2.07. The fourth-order valence-electron chi connectivity index (χ4n) is 1.38. The number of nitrogens with zero attached hydrogens (tertiary/aromatic N) is 2. The molecule has 0 aliphatic rings. The molecule has 0 atom stereocenters. The van der Waals surface area contributed by atoms with Crippen LogP contribution >= 0.6 is 39.3 Å². The van der Waals surface area contributed by atoms with Gasteiger partial charge in [-0.3, -0.25) is 4.79 Å². The monoisotopic (exact) mass is 411 g/mol. The summed E-state index contributed by atoms with van der Waals surface area (Å²) in [7, 11) is 0. The molecule has 2 aromatic heterocycles. The van der Waals surface area contributed by atoms with Crippen molar-refractivity contribution in [1.82, 2.24) is 9.97 Å². The highest BCUT2D eigenvalue weighted by molar-refractivity contribution is 9.10. The first kappa shape index (κ1) is 17.0. The Morgan fingerprint density at radius 2 is 2.00 bits per heavy atom. The quantitative estimate of drug-likeness (QED) is 0.583. The molecule has 2 heterocycles. The Hall–Kier alpha value is -1.32. The van der Waals surface area contributed by atoms with Crippen molar-refractivity contribution in [2.45, 2.75) is 10.5 Å². The van der Waals surface area contributed by atoms with Gasteiger partial charge in [-0.15, -0.1) is 0 Å². The van der Waals surface area contributed by atoms with Gasteiger partial charge < -0.3 is 5.32 Å². The molecule has 0 saturated carbocycles. The van der Waals surface area contributed by atoms with Crippen molar-refractivity contribution in [3.8, 4) is 0 Å². The number of pyridine rings is 2. The van der Waals surface area contributed by atoms with E-state index in [1.807, 2.05) is 0 Å². The smallest absolute Gasteiger partial charge is 0.321 e. The second kappa shape index (κ2) is 6.84. The van der Waals surface area contributed by atoms with Crippen LogP contribution in [0.15, 0.2) is 40.1 Å². The molecular formula is C12H6BrClF3N3OS. The van der Waals surface area contributed by atoms with E-state index < -0.39 is 11.4 Å². The number of amides is 1. The Morgan fingerprint density at radius 3 is 2.55 bits per heavy atom. The molecule has 0 bridgehead atoms. The second-order valence-corrected chi connectivity index (χ2v) is 6.18. The Kier molecular flexibility index (Phi) is 5.30. The minimum Gasteiger partial charge on any atom is -0.321 e. The first-order valence-corrected chi connectivity index (χ1v) is 7.57. The van der Waals surface area contributed by atoms with Crippen LogP contribution < -0.4 is 5.32 Å². The van der Waals surface area contributed by atoms with Gasteiger partial charge in [-0.25, -0.2) is 9.97 Å². The van der Waals surface area contributed by atoms with Crippen molar-refractivity contribution in [1.29, 1.82) is 0 Å². The largest absolute Gasteiger partial charge is 0.447 e. The van der Waals surface area contributed by atoms with Crippen molar-refractivity contribution >= 4 is 50.9 Å². The van der Waals surface area contributed by atoms with Crippen molar-refractivity contribution in [2.75, 3.05) is 5.32 Å². The van der Waals surface area contributed by atoms with Gasteiger partial charge in [0.15, 0.2) is 0 Å². The summed E-state index contributed by atoms with van der Waals surface area (Å²) in [5.74, 6) is -0.483. The predicted molar refractivity (Wildman–Crippen MR) is 81.0 cm³/mol. The fourth-order valence-corrected chi connectivity index (χ4v) is 2.31. The summed E-state index contributed by atoms with van der Waals surface area (Å²) < 4.78 is 37.0. The molecule has 2 rings (SSSR count). The molecule has 116 valence electrons. The molecule has 0 spiro atoms. The molecule has 2 aromatic rings. The third-order valence-electron chi connectivity index (χ3n) is 2.27. The van der Waals surface area contributed by atoms with Crippen LogP contribution in [0, 0.1) is 0 Å². The number of carbonyl (C=O) groups excluding carboxylic acids is 1. The van der Waals surface area contributed by atoms with Crippen molar-refractivity contribution in [3.63, 3.8) is 0 Å². The maximum Gasteiger partial charge on any atom is 0.447 e. The number of alkyl halides is 3. The van der Waals surface area contributed by atoms with Gasteiger partial charge in [0.25, 0.3) is 5.91 Å².